The fraction of sp³-hybridized carbons (Fsp3) is 0.769. The third-order valence-electron chi connectivity index (χ3n) is 4.16. The van der Waals surface area contributed by atoms with Gasteiger partial charge >= 0.3 is 0 Å². The maximum Gasteiger partial charge on any atom is 0.238 e. The number of hydrogen-bond donors (Lipinski definition) is 0. The normalized spacial score (nSPS) is 32.3. The van der Waals surface area contributed by atoms with E-state index in [1.807, 2.05) is 0 Å². The van der Waals surface area contributed by atoms with E-state index in [0.29, 0.717) is 17.6 Å². The molecule has 0 radical (unpaired) electrons. The number of aromatic nitrogens is 2. The van der Waals surface area contributed by atoms with E-state index in [1.165, 1.54) is 19.3 Å². The zero-order valence-electron chi connectivity index (χ0n) is 10.6. The fourth-order valence-corrected chi connectivity index (χ4v) is 4.00. The zero-order chi connectivity index (χ0) is 12.5. The van der Waals surface area contributed by atoms with Crippen molar-refractivity contribution in [3.8, 4) is 0 Å². The molecule has 18 heavy (non-hydrogen) atoms. The Morgan fingerprint density at radius 1 is 1.44 bits per heavy atom. The molecular formula is C13H18N2O2S. The van der Waals surface area contributed by atoms with Crippen LogP contribution in [0, 0.1) is 5.92 Å². The molecule has 0 spiro atoms. The molecule has 4 nitrogen and oxygen atoms in total. The van der Waals surface area contributed by atoms with Gasteiger partial charge in [0, 0.05) is 11.7 Å². The number of rotatable bonds is 3. The van der Waals surface area contributed by atoms with Crippen molar-refractivity contribution in [2.45, 2.75) is 44.4 Å². The van der Waals surface area contributed by atoms with Crippen molar-refractivity contribution in [1.82, 2.24) is 10.1 Å². The van der Waals surface area contributed by atoms with Crippen LogP contribution in [-0.4, -0.2) is 27.4 Å². The largest absolute Gasteiger partial charge is 0.339 e. The highest BCUT2D eigenvalue weighted by Gasteiger charge is 2.34. The van der Waals surface area contributed by atoms with Crippen molar-refractivity contribution >= 4 is 17.5 Å². The molecule has 98 valence electrons. The quantitative estimate of drug-likeness (QED) is 0.842. The third-order valence-corrected chi connectivity index (χ3v) is 5.21. The molecule has 1 aliphatic heterocycles. The second-order valence-corrected chi connectivity index (χ2v) is 6.34. The maximum atomic E-state index is 11.7. The molecule has 3 rings (SSSR count). The van der Waals surface area contributed by atoms with E-state index in [4.69, 9.17) is 4.52 Å². The van der Waals surface area contributed by atoms with E-state index in [-0.39, 0.29) is 11.7 Å². The molecule has 0 N–H and O–H groups in total. The van der Waals surface area contributed by atoms with Crippen molar-refractivity contribution in [3.63, 3.8) is 0 Å². The second-order valence-electron chi connectivity index (χ2n) is 5.31. The first-order chi connectivity index (χ1) is 8.78. The minimum absolute atomic E-state index is 0.153. The van der Waals surface area contributed by atoms with Gasteiger partial charge in [0.25, 0.3) is 0 Å². The highest BCUT2D eigenvalue weighted by atomic mass is 32.2. The highest BCUT2D eigenvalue weighted by molar-refractivity contribution is 8.00. The first-order valence-electron chi connectivity index (χ1n) is 6.72. The molecule has 2 aliphatic rings. The number of nitrogens with zero attached hydrogens (tertiary/aromatic N) is 2. The van der Waals surface area contributed by atoms with Gasteiger partial charge in [-0.25, -0.2) is 0 Å². The third kappa shape index (κ3) is 2.20. The Kier molecular flexibility index (Phi) is 3.41. The number of carbonyl (C=O) groups is 1. The molecule has 1 aromatic heterocycles. The lowest BCUT2D eigenvalue weighted by molar-refractivity contribution is -0.117. The van der Waals surface area contributed by atoms with Crippen molar-refractivity contribution < 1.29 is 9.32 Å². The first kappa shape index (κ1) is 12.2. The minimum Gasteiger partial charge on any atom is -0.339 e. The Balaban J connectivity index is 1.72. The molecule has 5 heteroatoms. The van der Waals surface area contributed by atoms with Gasteiger partial charge in [0.05, 0.1) is 5.75 Å². The predicted molar refractivity (Wildman–Crippen MR) is 69.7 cm³/mol. The van der Waals surface area contributed by atoms with Gasteiger partial charge < -0.3 is 4.52 Å². The summed E-state index contributed by atoms with van der Waals surface area (Å²) in [6, 6.07) is 0. The van der Waals surface area contributed by atoms with E-state index in [9.17, 15) is 4.79 Å². The van der Waals surface area contributed by atoms with E-state index in [2.05, 4.69) is 17.1 Å². The Morgan fingerprint density at radius 2 is 2.33 bits per heavy atom. The molecule has 1 aromatic rings. The zero-order valence-corrected chi connectivity index (χ0v) is 11.4. The average Bonchev–Trinajstić information content (AvgIpc) is 3.07. The highest BCUT2D eigenvalue weighted by Crippen LogP contribution is 2.39. The maximum absolute atomic E-state index is 11.7. The molecule has 3 atom stereocenters. The summed E-state index contributed by atoms with van der Waals surface area (Å²) in [4.78, 5) is 16.1. The smallest absolute Gasteiger partial charge is 0.238 e. The summed E-state index contributed by atoms with van der Waals surface area (Å²) in [5.41, 5.74) is 0. The van der Waals surface area contributed by atoms with Crippen molar-refractivity contribution in [2.75, 3.05) is 11.5 Å². The van der Waals surface area contributed by atoms with Crippen molar-refractivity contribution in [2.24, 2.45) is 5.92 Å². The van der Waals surface area contributed by atoms with Crippen LogP contribution in [-0.2, 0) is 4.79 Å². The molecule has 2 heterocycles. The number of thioether (sulfide) groups is 1. The molecular weight excluding hydrogens is 248 g/mol. The second kappa shape index (κ2) is 5.03. The van der Waals surface area contributed by atoms with Crippen LogP contribution in [0.5, 0.6) is 0 Å². The number of ketones is 1. The Labute approximate surface area is 111 Å². The average molecular weight is 266 g/mol. The Morgan fingerprint density at radius 3 is 3.00 bits per heavy atom. The summed E-state index contributed by atoms with van der Waals surface area (Å²) < 4.78 is 5.30. The van der Waals surface area contributed by atoms with Crippen LogP contribution in [0.25, 0.3) is 0 Å². The SMILES string of the molecule is CCC1CCC(c2noc(C3CSCC3=O)n2)C1. The Bertz CT molecular complexity index is 446. The van der Waals surface area contributed by atoms with Crippen LogP contribution in [0.2, 0.25) is 0 Å². The van der Waals surface area contributed by atoms with Gasteiger partial charge in [-0.2, -0.15) is 16.7 Å². The molecule has 3 unspecified atom stereocenters. The standard InChI is InChI=1S/C13H18N2O2S/c1-2-8-3-4-9(5-8)12-14-13(17-15-12)10-6-18-7-11(10)16/h8-10H,2-7H2,1H3. The molecule has 0 aromatic carbocycles. The molecule has 0 amide bonds. The summed E-state index contributed by atoms with van der Waals surface area (Å²) in [5, 5.41) is 4.10. The van der Waals surface area contributed by atoms with Crippen molar-refractivity contribution in [1.29, 1.82) is 0 Å². The van der Waals surface area contributed by atoms with Gasteiger partial charge in [0.1, 0.15) is 5.92 Å². The van der Waals surface area contributed by atoms with Crippen LogP contribution < -0.4 is 0 Å². The lowest BCUT2D eigenvalue weighted by Crippen LogP contribution is -2.09. The summed E-state index contributed by atoms with van der Waals surface area (Å²) in [5.74, 6) is 4.07. The summed E-state index contributed by atoms with van der Waals surface area (Å²) >= 11 is 1.65. The van der Waals surface area contributed by atoms with Gasteiger partial charge in [0.15, 0.2) is 11.6 Å². The molecule has 1 saturated heterocycles. The van der Waals surface area contributed by atoms with Crippen LogP contribution in [0.3, 0.4) is 0 Å². The van der Waals surface area contributed by atoms with E-state index >= 15 is 0 Å². The monoisotopic (exact) mass is 266 g/mol. The molecule has 0 bridgehead atoms. The minimum atomic E-state index is -0.153. The van der Waals surface area contributed by atoms with Crippen LogP contribution in [0.1, 0.15) is 56.2 Å². The van der Waals surface area contributed by atoms with Gasteiger partial charge in [-0.3, -0.25) is 4.79 Å². The van der Waals surface area contributed by atoms with E-state index in [1.54, 1.807) is 11.8 Å². The Hall–Kier alpha value is -0.840. The predicted octanol–water partition coefficient (Wildman–Crippen LogP) is 2.76. The lowest BCUT2D eigenvalue weighted by atomic mass is 10.0. The van der Waals surface area contributed by atoms with Crippen LogP contribution >= 0.6 is 11.8 Å². The summed E-state index contributed by atoms with van der Waals surface area (Å²) in [6.07, 6.45) is 4.83. The first-order valence-corrected chi connectivity index (χ1v) is 7.87. The number of carbonyl (C=O) groups excluding carboxylic acids is 1. The van der Waals surface area contributed by atoms with E-state index < -0.39 is 0 Å². The fourth-order valence-electron chi connectivity index (χ4n) is 2.91. The molecule has 2 fully saturated rings. The lowest BCUT2D eigenvalue weighted by Gasteiger charge is -2.04. The molecule has 1 saturated carbocycles. The summed E-state index contributed by atoms with van der Waals surface area (Å²) in [6.45, 7) is 2.24. The number of Topliss-reactive ketones (excluding diaryl/α,β-unsaturated/α-hetero) is 1. The van der Waals surface area contributed by atoms with Crippen molar-refractivity contribution in [3.05, 3.63) is 11.7 Å². The molecule has 1 aliphatic carbocycles. The number of hydrogen-bond acceptors (Lipinski definition) is 5. The van der Waals surface area contributed by atoms with Gasteiger partial charge in [0.2, 0.25) is 5.89 Å². The van der Waals surface area contributed by atoms with E-state index in [0.717, 1.165) is 23.9 Å². The van der Waals surface area contributed by atoms with Gasteiger partial charge in [-0.05, 0) is 25.2 Å². The van der Waals surface area contributed by atoms with Crippen LogP contribution in [0.4, 0.5) is 0 Å². The topological polar surface area (TPSA) is 56.0 Å². The summed E-state index contributed by atoms with van der Waals surface area (Å²) in [7, 11) is 0. The van der Waals surface area contributed by atoms with Gasteiger partial charge in [-0.15, -0.1) is 0 Å². The van der Waals surface area contributed by atoms with Gasteiger partial charge in [-0.1, -0.05) is 18.5 Å². The van der Waals surface area contributed by atoms with Crippen LogP contribution in [0.15, 0.2) is 4.52 Å².